The van der Waals surface area contributed by atoms with Gasteiger partial charge in [0.25, 0.3) is 0 Å². The van der Waals surface area contributed by atoms with Gasteiger partial charge in [0, 0.05) is 12.3 Å². The Bertz CT molecular complexity index is 361. The summed E-state index contributed by atoms with van der Waals surface area (Å²) in [5.74, 6) is -2.12. The molecular formula is C10H9NO4. The van der Waals surface area contributed by atoms with Crippen molar-refractivity contribution in [2.75, 3.05) is 6.61 Å². The molecule has 0 saturated heterocycles. The van der Waals surface area contributed by atoms with E-state index in [9.17, 15) is 9.59 Å². The fourth-order valence-electron chi connectivity index (χ4n) is 0.738. The van der Waals surface area contributed by atoms with E-state index in [-0.39, 0.29) is 12.5 Å². The fraction of sp³-hybridized carbons (Fsp3) is 0.100. The molecule has 0 bridgehead atoms. The van der Waals surface area contributed by atoms with Crippen molar-refractivity contribution in [2.45, 2.75) is 0 Å². The number of nitrogens with zero attached hydrogens (tertiary/aromatic N) is 1. The van der Waals surface area contributed by atoms with Gasteiger partial charge in [0.1, 0.15) is 6.61 Å². The van der Waals surface area contributed by atoms with E-state index in [1.807, 2.05) is 0 Å². The quantitative estimate of drug-likeness (QED) is 0.415. The van der Waals surface area contributed by atoms with Gasteiger partial charge in [-0.1, -0.05) is 18.7 Å². The molecular weight excluding hydrogens is 198 g/mol. The van der Waals surface area contributed by atoms with Crippen LogP contribution in [0.15, 0.2) is 37.1 Å². The van der Waals surface area contributed by atoms with E-state index < -0.39 is 11.9 Å². The van der Waals surface area contributed by atoms with E-state index in [1.165, 1.54) is 18.3 Å². The highest BCUT2D eigenvalue weighted by Gasteiger charge is 2.17. The van der Waals surface area contributed by atoms with Crippen LogP contribution >= 0.6 is 0 Å². The smallest absolute Gasteiger partial charge is 0.424 e. The molecule has 0 radical (unpaired) electrons. The molecule has 5 nitrogen and oxygen atoms in total. The van der Waals surface area contributed by atoms with Crippen LogP contribution in [-0.2, 0) is 14.3 Å². The van der Waals surface area contributed by atoms with E-state index in [1.54, 1.807) is 12.1 Å². The van der Waals surface area contributed by atoms with Crippen molar-refractivity contribution in [3.63, 3.8) is 0 Å². The summed E-state index contributed by atoms with van der Waals surface area (Å²) in [5, 5.41) is 0. The summed E-state index contributed by atoms with van der Waals surface area (Å²) in [4.78, 5) is 25.7. The monoisotopic (exact) mass is 207 g/mol. The number of hydrogen-bond donors (Lipinski definition) is 0. The zero-order chi connectivity index (χ0) is 11.1. The summed E-state index contributed by atoms with van der Waals surface area (Å²) < 4.78 is 9.08. The molecule has 0 aliphatic rings. The molecule has 0 N–H and O–H groups in total. The molecule has 1 aromatic heterocycles. The Morgan fingerprint density at radius 1 is 1.40 bits per heavy atom. The summed E-state index contributed by atoms with van der Waals surface area (Å²) in [5.41, 5.74) is 0. The van der Waals surface area contributed by atoms with Crippen LogP contribution in [0.4, 0.5) is 0 Å². The first-order chi connectivity index (χ1) is 7.24. The Morgan fingerprint density at radius 2 is 2.20 bits per heavy atom. The van der Waals surface area contributed by atoms with Crippen molar-refractivity contribution in [1.29, 1.82) is 0 Å². The highest BCUT2D eigenvalue weighted by atomic mass is 16.6. The molecule has 0 amide bonds. The van der Waals surface area contributed by atoms with Gasteiger partial charge in [0.15, 0.2) is 0 Å². The van der Waals surface area contributed by atoms with Crippen molar-refractivity contribution >= 4 is 11.9 Å². The molecule has 1 rings (SSSR count). The Balaban J connectivity index is 2.49. The number of pyridine rings is 1. The van der Waals surface area contributed by atoms with Gasteiger partial charge in [-0.05, 0) is 6.07 Å². The van der Waals surface area contributed by atoms with Crippen molar-refractivity contribution in [2.24, 2.45) is 0 Å². The number of carbonyl (C=O) groups excluding carboxylic acids is 2. The van der Waals surface area contributed by atoms with Crippen molar-refractivity contribution in [3.05, 3.63) is 37.1 Å². The van der Waals surface area contributed by atoms with E-state index >= 15 is 0 Å². The molecule has 0 spiro atoms. The average molecular weight is 207 g/mol. The average Bonchev–Trinajstić information content (AvgIpc) is 2.27. The lowest BCUT2D eigenvalue weighted by Crippen LogP contribution is -2.23. The van der Waals surface area contributed by atoms with Gasteiger partial charge in [-0.3, -0.25) is 0 Å². The maximum atomic E-state index is 11.0. The molecule has 78 valence electrons. The predicted molar refractivity (Wildman–Crippen MR) is 51.0 cm³/mol. The highest BCUT2D eigenvalue weighted by Crippen LogP contribution is 2.03. The van der Waals surface area contributed by atoms with Gasteiger partial charge < -0.3 is 9.47 Å². The van der Waals surface area contributed by atoms with Crippen LogP contribution in [-0.4, -0.2) is 23.5 Å². The molecule has 0 aliphatic carbocycles. The van der Waals surface area contributed by atoms with Crippen molar-refractivity contribution in [3.8, 4) is 5.88 Å². The topological polar surface area (TPSA) is 65.5 Å². The van der Waals surface area contributed by atoms with E-state index in [0.717, 1.165) is 0 Å². The molecule has 15 heavy (non-hydrogen) atoms. The minimum absolute atomic E-state index is 0.0316. The van der Waals surface area contributed by atoms with Crippen LogP contribution in [0.2, 0.25) is 0 Å². The number of ether oxygens (including phenoxy) is 2. The van der Waals surface area contributed by atoms with Crippen molar-refractivity contribution in [1.82, 2.24) is 4.98 Å². The number of carbonyl (C=O) groups is 2. The second-order valence-electron chi connectivity index (χ2n) is 2.44. The van der Waals surface area contributed by atoms with Crippen LogP contribution in [0.5, 0.6) is 5.88 Å². The maximum Gasteiger partial charge on any atom is 0.424 e. The summed E-state index contributed by atoms with van der Waals surface area (Å²) in [6, 6.07) is 4.75. The lowest BCUT2D eigenvalue weighted by Gasteiger charge is -2.01. The number of hydrogen-bond acceptors (Lipinski definition) is 5. The van der Waals surface area contributed by atoms with Gasteiger partial charge in [-0.15, -0.1) is 0 Å². The molecule has 0 aromatic carbocycles. The molecule has 5 heteroatoms. The van der Waals surface area contributed by atoms with Crippen LogP contribution < -0.4 is 4.74 Å². The van der Waals surface area contributed by atoms with Gasteiger partial charge in [0.2, 0.25) is 5.88 Å². The molecule has 0 aliphatic heterocycles. The van der Waals surface area contributed by atoms with E-state index in [4.69, 9.17) is 0 Å². The summed E-state index contributed by atoms with van der Waals surface area (Å²) in [7, 11) is 0. The first-order valence-corrected chi connectivity index (χ1v) is 4.15. The Labute approximate surface area is 86.3 Å². The first kappa shape index (κ1) is 10.9. The van der Waals surface area contributed by atoms with Gasteiger partial charge in [-0.25, -0.2) is 14.6 Å². The second-order valence-corrected chi connectivity index (χ2v) is 2.44. The molecule has 1 aromatic rings. The molecule has 1 heterocycles. The fourth-order valence-corrected chi connectivity index (χ4v) is 0.738. The lowest BCUT2D eigenvalue weighted by molar-refractivity contribution is -0.161. The largest absolute Gasteiger partial charge is 0.453 e. The van der Waals surface area contributed by atoms with E-state index in [0.29, 0.717) is 0 Å². The van der Waals surface area contributed by atoms with Gasteiger partial charge >= 0.3 is 11.9 Å². The van der Waals surface area contributed by atoms with Crippen LogP contribution in [0.1, 0.15) is 0 Å². The van der Waals surface area contributed by atoms with Gasteiger partial charge in [0.05, 0.1) is 0 Å². The number of rotatable bonds is 3. The molecule has 0 unspecified atom stereocenters. The zero-order valence-electron chi connectivity index (χ0n) is 7.88. The van der Waals surface area contributed by atoms with Gasteiger partial charge in [-0.2, -0.15) is 0 Å². The van der Waals surface area contributed by atoms with E-state index in [2.05, 4.69) is 21.0 Å². The molecule has 0 fully saturated rings. The standard InChI is InChI=1S/C10H9NO4/c1-2-7-14-9(12)10(13)15-8-5-3-4-6-11-8/h2-6H,1,7H2. The summed E-state index contributed by atoms with van der Waals surface area (Å²) >= 11 is 0. The number of aromatic nitrogens is 1. The SMILES string of the molecule is C=CCOC(=O)C(=O)Oc1ccccn1. The lowest BCUT2D eigenvalue weighted by atomic mass is 10.5. The maximum absolute atomic E-state index is 11.0. The zero-order valence-corrected chi connectivity index (χ0v) is 7.88. The normalized spacial score (nSPS) is 9.07. The number of esters is 2. The van der Waals surface area contributed by atoms with Crippen LogP contribution in [0, 0.1) is 0 Å². The molecule has 0 saturated carbocycles. The summed E-state index contributed by atoms with van der Waals surface area (Å²) in [6.45, 7) is 3.30. The second kappa shape index (κ2) is 5.54. The third kappa shape index (κ3) is 3.60. The highest BCUT2D eigenvalue weighted by molar-refractivity contribution is 6.30. The third-order valence-corrected chi connectivity index (χ3v) is 1.33. The minimum Gasteiger partial charge on any atom is -0.453 e. The van der Waals surface area contributed by atoms with Crippen LogP contribution in [0.3, 0.4) is 0 Å². The van der Waals surface area contributed by atoms with Crippen molar-refractivity contribution < 1.29 is 19.1 Å². The summed E-state index contributed by atoms with van der Waals surface area (Å²) in [6.07, 6.45) is 2.80. The Hall–Kier alpha value is -2.17. The third-order valence-electron chi connectivity index (χ3n) is 1.33. The predicted octanol–water partition coefficient (Wildman–Crippen LogP) is 0.716. The van der Waals surface area contributed by atoms with Crippen LogP contribution in [0.25, 0.3) is 0 Å². The Morgan fingerprint density at radius 3 is 2.80 bits per heavy atom. The molecule has 0 atom stereocenters. The Kier molecular flexibility index (Phi) is 4.03. The minimum atomic E-state index is -1.10. The first-order valence-electron chi connectivity index (χ1n) is 4.15.